The number of carbonyl (C=O) groups is 2. The second-order valence-corrected chi connectivity index (χ2v) is 6.84. The van der Waals surface area contributed by atoms with Crippen LogP contribution in [-0.4, -0.2) is 31.5 Å². The Morgan fingerprint density at radius 2 is 2.15 bits per heavy atom. The molecule has 1 saturated heterocycles. The molecule has 3 aromatic rings. The van der Waals surface area contributed by atoms with E-state index in [2.05, 4.69) is 20.1 Å². The third kappa shape index (κ3) is 3.37. The van der Waals surface area contributed by atoms with Crippen LogP contribution in [0, 0.1) is 11.3 Å². The normalized spacial score (nSPS) is 16.5. The number of hydrogen-bond acceptors (Lipinski definition) is 6. The Balaban J connectivity index is 1.54. The Morgan fingerprint density at radius 3 is 3.00 bits per heavy atom. The van der Waals surface area contributed by atoms with Crippen LogP contribution < -0.4 is 5.32 Å². The second kappa shape index (κ2) is 7.13. The Bertz CT molecular complexity index is 1070. The SMILES string of the molecule is N#Cc1cccc(CN2C(=O)CCC2C(=O)Nc2cccc3nsnc23)c1. The number of nitrogens with one attached hydrogen (secondary N) is 1. The molecule has 0 spiro atoms. The third-order valence-corrected chi connectivity index (χ3v) is 5.13. The van der Waals surface area contributed by atoms with Crippen LogP contribution in [0.2, 0.25) is 0 Å². The van der Waals surface area contributed by atoms with E-state index in [0.29, 0.717) is 36.2 Å². The Morgan fingerprint density at radius 1 is 1.30 bits per heavy atom. The zero-order chi connectivity index (χ0) is 18.8. The molecule has 1 unspecified atom stereocenters. The number of amides is 2. The van der Waals surface area contributed by atoms with Crippen LogP contribution in [0.25, 0.3) is 11.0 Å². The van der Waals surface area contributed by atoms with E-state index in [1.807, 2.05) is 18.2 Å². The van der Waals surface area contributed by atoms with Gasteiger partial charge in [-0.25, -0.2) is 0 Å². The monoisotopic (exact) mass is 377 g/mol. The molecule has 7 nitrogen and oxygen atoms in total. The summed E-state index contributed by atoms with van der Waals surface area (Å²) in [6, 6.07) is 14.0. The first-order chi connectivity index (χ1) is 13.2. The van der Waals surface area contributed by atoms with Gasteiger partial charge in [0.25, 0.3) is 0 Å². The van der Waals surface area contributed by atoms with Gasteiger partial charge >= 0.3 is 0 Å². The number of fused-ring (bicyclic) bond motifs is 1. The van der Waals surface area contributed by atoms with Crippen molar-refractivity contribution in [1.82, 2.24) is 13.6 Å². The van der Waals surface area contributed by atoms with Gasteiger partial charge in [0.2, 0.25) is 11.8 Å². The van der Waals surface area contributed by atoms with E-state index < -0.39 is 6.04 Å². The van der Waals surface area contributed by atoms with Crippen LogP contribution in [0.1, 0.15) is 24.0 Å². The highest BCUT2D eigenvalue weighted by Gasteiger charge is 2.36. The molecule has 1 fully saturated rings. The van der Waals surface area contributed by atoms with Crippen molar-refractivity contribution in [1.29, 1.82) is 5.26 Å². The van der Waals surface area contributed by atoms with Crippen LogP contribution in [-0.2, 0) is 16.1 Å². The molecule has 1 aliphatic rings. The molecule has 8 heteroatoms. The summed E-state index contributed by atoms with van der Waals surface area (Å²) in [5.41, 5.74) is 3.33. The molecule has 4 rings (SSSR count). The molecular formula is C19H15N5O2S. The molecule has 1 N–H and O–H groups in total. The molecule has 134 valence electrons. The molecule has 1 aromatic heterocycles. The fourth-order valence-electron chi connectivity index (χ4n) is 3.26. The number of carbonyl (C=O) groups excluding carboxylic acids is 2. The van der Waals surface area contributed by atoms with Gasteiger partial charge in [-0.3, -0.25) is 9.59 Å². The molecule has 0 bridgehead atoms. The van der Waals surface area contributed by atoms with Crippen molar-refractivity contribution < 1.29 is 9.59 Å². The fourth-order valence-corrected chi connectivity index (χ4v) is 3.81. The molecule has 2 amide bonds. The Hall–Kier alpha value is -3.31. The van der Waals surface area contributed by atoms with Crippen LogP contribution in [0.15, 0.2) is 42.5 Å². The summed E-state index contributed by atoms with van der Waals surface area (Å²) in [4.78, 5) is 26.8. The highest BCUT2D eigenvalue weighted by molar-refractivity contribution is 7.00. The molecular weight excluding hydrogens is 362 g/mol. The molecule has 0 radical (unpaired) electrons. The van der Waals surface area contributed by atoms with Crippen molar-refractivity contribution in [2.45, 2.75) is 25.4 Å². The standard InChI is InChI=1S/C19H15N5O2S/c20-10-12-3-1-4-13(9-12)11-24-16(7-8-17(24)25)19(26)21-14-5-2-6-15-18(14)23-27-22-15/h1-6,9,16H,7-8,11H2,(H,21,26). The summed E-state index contributed by atoms with van der Waals surface area (Å²) in [7, 11) is 0. The maximum absolute atomic E-state index is 12.8. The van der Waals surface area contributed by atoms with Gasteiger partial charge in [0.05, 0.1) is 29.0 Å². The van der Waals surface area contributed by atoms with E-state index in [1.54, 1.807) is 29.2 Å². The van der Waals surface area contributed by atoms with Crippen LogP contribution in [0.5, 0.6) is 0 Å². The largest absolute Gasteiger partial charge is 0.326 e. The highest BCUT2D eigenvalue weighted by Crippen LogP contribution is 2.25. The molecule has 2 aromatic carbocycles. The van der Waals surface area contributed by atoms with Gasteiger partial charge in [-0.15, -0.1) is 0 Å². The van der Waals surface area contributed by atoms with E-state index >= 15 is 0 Å². The van der Waals surface area contributed by atoms with E-state index in [-0.39, 0.29) is 11.8 Å². The smallest absolute Gasteiger partial charge is 0.247 e. The van der Waals surface area contributed by atoms with Gasteiger partial charge in [-0.2, -0.15) is 14.0 Å². The highest BCUT2D eigenvalue weighted by atomic mass is 32.1. The Labute approximate surface area is 159 Å². The lowest BCUT2D eigenvalue weighted by molar-refractivity contribution is -0.133. The first kappa shape index (κ1) is 17.1. The van der Waals surface area contributed by atoms with Gasteiger partial charge in [0, 0.05) is 13.0 Å². The number of likely N-dealkylation sites (tertiary alicyclic amines) is 1. The first-order valence-corrected chi connectivity index (χ1v) is 9.19. The molecule has 1 aliphatic heterocycles. The van der Waals surface area contributed by atoms with Crippen LogP contribution in [0.3, 0.4) is 0 Å². The minimum atomic E-state index is -0.551. The maximum atomic E-state index is 12.8. The summed E-state index contributed by atoms with van der Waals surface area (Å²) >= 11 is 1.09. The van der Waals surface area contributed by atoms with Crippen molar-refractivity contribution in [2.24, 2.45) is 0 Å². The molecule has 0 aliphatic carbocycles. The number of hydrogen-bond donors (Lipinski definition) is 1. The van der Waals surface area contributed by atoms with Gasteiger partial charge in [0.1, 0.15) is 17.1 Å². The summed E-state index contributed by atoms with van der Waals surface area (Å²) in [5, 5.41) is 11.9. The van der Waals surface area contributed by atoms with Gasteiger partial charge < -0.3 is 10.2 Å². The average Bonchev–Trinajstić information content (AvgIpc) is 3.30. The topological polar surface area (TPSA) is 99.0 Å². The van der Waals surface area contributed by atoms with Crippen molar-refractivity contribution in [3.05, 3.63) is 53.6 Å². The lowest BCUT2D eigenvalue weighted by Gasteiger charge is -2.24. The van der Waals surface area contributed by atoms with Crippen molar-refractivity contribution in [2.75, 3.05) is 5.32 Å². The maximum Gasteiger partial charge on any atom is 0.247 e. The molecule has 1 atom stereocenters. The predicted molar refractivity (Wildman–Crippen MR) is 101 cm³/mol. The van der Waals surface area contributed by atoms with Gasteiger partial charge in [0.15, 0.2) is 0 Å². The van der Waals surface area contributed by atoms with Crippen LogP contribution in [0.4, 0.5) is 5.69 Å². The lowest BCUT2D eigenvalue weighted by atomic mass is 10.1. The molecule has 0 saturated carbocycles. The zero-order valence-corrected chi connectivity index (χ0v) is 15.1. The van der Waals surface area contributed by atoms with E-state index in [0.717, 1.165) is 22.8 Å². The summed E-state index contributed by atoms with van der Waals surface area (Å²) in [6.07, 6.45) is 0.798. The lowest BCUT2D eigenvalue weighted by Crippen LogP contribution is -2.41. The van der Waals surface area contributed by atoms with E-state index in [1.165, 1.54) is 0 Å². The first-order valence-electron chi connectivity index (χ1n) is 8.46. The van der Waals surface area contributed by atoms with E-state index in [9.17, 15) is 9.59 Å². The number of nitrogens with zero attached hydrogens (tertiary/aromatic N) is 4. The third-order valence-electron chi connectivity index (χ3n) is 4.58. The number of anilines is 1. The van der Waals surface area contributed by atoms with Crippen molar-refractivity contribution >= 4 is 40.3 Å². The zero-order valence-electron chi connectivity index (χ0n) is 14.3. The quantitative estimate of drug-likeness (QED) is 0.754. The minimum Gasteiger partial charge on any atom is -0.326 e. The average molecular weight is 377 g/mol. The number of benzene rings is 2. The number of rotatable bonds is 4. The minimum absolute atomic E-state index is 0.0638. The number of aromatic nitrogens is 2. The van der Waals surface area contributed by atoms with E-state index in [4.69, 9.17) is 5.26 Å². The Kier molecular flexibility index (Phi) is 4.52. The molecule has 2 heterocycles. The summed E-state index contributed by atoms with van der Waals surface area (Å²) in [6.45, 7) is 0.300. The van der Waals surface area contributed by atoms with Crippen LogP contribution >= 0.6 is 11.7 Å². The van der Waals surface area contributed by atoms with Crippen molar-refractivity contribution in [3.63, 3.8) is 0 Å². The second-order valence-electron chi connectivity index (χ2n) is 6.32. The van der Waals surface area contributed by atoms with Crippen molar-refractivity contribution in [3.8, 4) is 6.07 Å². The summed E-state index contributed by atoms with van der Waals surface area (Å²) in [5.74, 6) is -0.302. The number of nitriles is 1. The van der Waals surface area contributed by atoms with Gasteiger partial charge in [-0.1, -0.05) is 18.2 Å². The molecule has 27 heavy (non-hydrogen) atoms. The summed E-state index contributed by atoms with van der Waals surface area (Å²) < 4.78 is 8.40. The fraction of sp³-hybridized carbons (Fsp3) is 0.211. The van der Waals surface area contributed by atoms with Gasteiger partial charge in [-0.05, 0) is 36.2 Å². The predicted octanol–water partition coefficient (Wildman–Crippen LogP) is 2.69.